The lowest BCUT2D eigenvalue weighted by Gasteiger charge is -2.18. The van der Waals surface area contributed by atoms with Gasteiger partial charge in [-0.05, 0) is 44.2 Å². The van der Waals surface area contributed by atoms with Gasteiger partial charge in [0.15, 0.2) is 0 Å². The monoisotopic (exact) mass is 415 g/mol. The summed E-state index contributed by atoms with van der Waals surface area (Å²) in [6, 6.07) is 7.45. The van der Waals surface area contributed by atoms with Gasteiger partial charge in [0.1, 0.15) is 17.5 Å². The molecule has 0 saturated carbocycles. The van der Waals surface area contributed by atoms with Crippen molar-refractivity contribution in [2.75, 3.05) is 12.4 Å². The summed E-state index contributed by atoms with van der Waals surface area (Å²) >= 11 is 0. The van der Waals surface area contributed by atoms with E-state index in [1.54, 1.807) is 25.2 Å². The number of aromatic nitrogens is 2. The second kappa shape index (κ2) is 8.48. The number of nitrogens with one attached hydrogen (secondary N) is 2. The number of fused-ring (bicyclic) bond motifs is 1. The Morgan fingerprint density at radius 2 is 1.90 bits per heavy atom. The molecule has 9 heteroatoms. The van der Waals surface area contributed by atoms with Crippen molar-refractivity contribution in [1.82, 2.24) is 19.8 Å². The third kappa shape index (κ3) is 4.56. The van der Waals surface area contributed by atoms with E-state index in [1.165, 1.54) is 11.9 Å². The van der Waals surface area contributed by atoms with Gasteiger partial charge >= 0.3 is 6.03 Å². The molecule has 0 bridgehead atoms. The van der Waals surface area contributed by atoms with Crippen molar-refractivity contribution in [3.8, 4) is 0 Å². The van der Waals surface area contributed by atoms with Gasteiger partial charge in [0.05, 0.1) is 23.3 Å². The first-order chi connectivity index (χ1) is 14.2. The molecule has 158 valence electrons. The molecule has 0 saturated heterocycles. The molecule has 7 nitrogen and oxygen atoms in total. The van der Waals surface area contributed by atoms with E-state index < -0.39 is 17.7 Å². The molecule has 0 atom stereocenters. The Hall–Kier alpha value is -3.49. The van der Waals surface area contributed by atoms with E-state index in [-0.39, 0.29) is 24.2 Å². The SMILES string of the molecule is CC(C)NC(=O)c1ccc2c(c1)nc(CN(C)C(=O)Nc1cc(F)ccc1F)n2C. The molecule has 1 aromatic heterocycles. The molecule has 0 aliphatic carbocycles. The van der Waals surface area contributed by atoms with Crippen LogP contribution in [0.4, 0.5) is 19.3 Å². The number of nitrogens with zero attached hydrogens (tertiary/aromatic N) is 3. The first-order valence-electron chi connectivity index (χ1n) is 9.39. The van der Waals surface area contributed by atoms with Crippen LogP contribution in [0.25, 0.3) is 11.0 Å². The molecule has 0 fully saturated rings. The number of rotatable bonds is 5. The molecule has 0 unspecified atom stereocenters. The molecule has 30 heavy (non-hydrogen) atoms. The van der Waals surface area contributed by atoms with Gasteiger partial charge in [0.2, 0.25) is 0 Å². The summed E-state index contributed by atoms with van der Waals surface area (Å²) in [5.41, 5.74) is 1.68. The van der Waals surface area contributed by atoms with Gasteiger partial charge in [-0.3, -0.25) is 4.79 Å². The zero-order valence-electron chi connectivity index (χ0n) is 17.2. The predicted molar refractivity (Wildman–Crippen MR) is 110 cm³/mol. The van der Waals surface area contributed by atoms with Crippen molar-refractivity contribution in [3.05, 3.63) is 59.4 Å². The number of hydrogen-bond acceptors (Lipinski definition) is 3. The van der Waals surface area contributed by atoms with Gasteiger partial charge in [0, 0.05) is 31.8 Å². The van der Waals surface area contributed by atoms with Crippen LogP contribution in [0.3, 0.4) is 0 Å². The summed E-state index contributed by atoms with van der Waals surface area (Å²) in [7, 11) is 3.32. The van der Waals surface area contributed by atoms with Crippen LogP contribution >= 0.6 is 0 Å². The van der Waals surface area contributed by atoms with Gasteiger partial charge in [0.25, 0.3) is 5.91 Å². The number of urea groups is 1. The average molecular weight is 415 g/mol. The lowest BCUT2D eigenvalue weighted by Crippen LogP contribution is -2.32. The van der Waals surface area contributed by atoms with Gasteiger partial charge in [-0.25, -0.2) is 18.6 Å². The van der Waals surface area contributed by atoms with E-state index in [9.17, 15) is 18.4 Å². The minimum absolute atomic E-state index is 0.0163. The van der Waals surface area contributed by atoms with Crippen LogP contribution in [0.2, 0.25) is 0 Å². The third-order valence-corrected chi connectivity index (χ3v) is 4.55. The lowest BCUT2D eigenvalue weighted by atomic mass is 10.2. The zero-order chi connectivity index (χ0) is 22.0. The Kier molecular flexibility index (Phi) is 6.00. The van der Waals surface area contributed by atoms with Crippen molar-refractivity contribution in [2.45, 2.75) is 26.4 Å². The third-order valence-electron chi connectivity index (χ3n) is 4.55. The van der Waals surface area contributed by atoms with Gasteiger partial charge in [-0.2, -0.15) is 0 Å². The molecule has 0 spiro atoms. The first kappa shape index (κ1) is 21.2. The molecule has 2 aromatic carbocycles. The summed E-state index contributed by atoms with van der Waals surface area (Å²) in [5.74, 6) is -0.994. The summed E-state index contributed by atoms with van der Waals surface area (Å²) in [5, 5.41) is 5.18. The van der Waals surface area contributed by atoms with Crippen molar-refractivity contribution in [3.63, 3.8) is 0 Å². The van der Waals surface area contributed by atoms with E-state index in [0.29, 0.717) is 16.9 Å². The van der Waals surface area contributed by atoms with Crippen LogP contribution in [0.5, 0.6) is 0 Å². The fraction of sp³-hybridized carbons (Fsp3) is 0.286. The van der Waals surface area contributed by atoms with Crippen molar-refractivity contribution in [2.24, 2.45) is 7.05 Å². The van der Waals surface area contributed by atoms with Crippen molar-refractivity contribution >= 4 is 28.7 Å². The molecular weight excluding hydrogens is 392 g/mol. The normalized spacial score (nSPS) is 11.0. The van der Waals surface area contributed by atoms with E-state index in [0.717, 1.165) is 23.7 Å². The molecule has 2 N–H and O–H groups in total. The van der Waals surface area contributed by atoms with Gasteiger partial charge in [-0.15, -0.1) is 0 Å². The fourth-order valence-corrected chi connectivity index (χ4v) is 2.97. The highest BCUT2D eigenvalue weighted by molar-refractivity contribution is 5.97. The van der Waals surface area contributed by atoms with Crippen LogP contribution in [-0.4, -0.2) is 39.5 Å². The fourth-order valence-electron chi connectivity index (χ4n) is 2.97. The number of imidazole rings is 1. The quantitative estimate of drug-likeness (QED) is 0.668. The molecule has 1 heterocycles. The Morgan fingerprint density at radius 3 is 2.60 bits per heavy atom. The minimum atomic E-state index is -0.729. The maximum Gasteiger partial charge on any atom is 0.322 e. The number of hydrogen-bond donors (Lipinski definition) is 2. The van der Waals surface area contributed by atoms with Crippen LogP contribution < -0.4 is 10.6 Å². The van der Waals surface area contributed by atoms with E-state index in [2.05, 4.69) is 15.6 Å². The molecule has 3 rings (SSSR count). The topological polar surface area (TPSA) is 79.3 Å². The summed E-state index contributed by atoms with van der Waals surface area (Å²) < 4.78 is 28.9. The summed E-state index contributed by atoms with van der Waals surface area (Å²) in [4.78, 5) is 30.4. The predicted octanol–water partition coefficient (Wildman–Crippen LogP) is 3.65. The maximum atomic E-state index is 13.8. The Morgan fingerprint density at radius 1 is 1.17 bits per heavy atom. The second-order valence-electron chi connectivity index (χ2n) is 7.33. The Balaban J connectivity index is 1.77. The number of aryl methyl sites for hydroxylation is 1. The molecule has 0 aliphatic heterocycles. The van der Waals surface area contributed by atoms with E-state index in [1.807, 2.05) is 18.4 Å². The summed E-state index contributed by atoms with van der Waals surface area (Å²) in [6.07, 6.45) is 0. The largest absolute Gasteiger partial charge is 0.350 e. The van der Waals surface area contributed by atoms with Crippen LogP contribution in [0.1, 0.15) is 30.0 Å². The Bertz CT molecular complexity index is 1110. The van der Waals surface area contributed by atoms with Crippen LogP contribution in [-0.2, 0) is 13.6 Å². The maximum absolute atomic E-state index is 13.8. The number of amides is 3. The van der Waals surface area contributed by atoms with Crippen LogP contribution in [0.15, 0.2) is 36.4 Å². The van der Waals surface area contributed by atoms with Crippen LogP contribution in [0, 0.1) is 11.6 Å². The highest BCUT2D eigenvalue weighted by atomic mass is 19.1. The van der Waals surface area contributed by atoms with E-state index >= 15 is 0 Å². The number of carbonyl (C=O) groups excluding carboxylic acids is 2. The van der Waals surface area contributed by atoms with Crippen molar-refractivity contribution < 1.29 is 18.4 Å². The van der Waals surface area contributed by atoms with Gasteiger partial charge < -0.3 is 20.1 Å². The number of anilines is 1. The first-order valence-corrected chi connectivity index (χ1v) is 9.39. The highest BCUT2D eigenvalue weighted by Crippen LogP contribution is 2.19. The highest BCUT2D eigenvalue weighted by Gasteiger charge is 2.17. The lowest BCUT2D eigenvalue weighted by molar-refractivity contribution is 0.0943. The molecule has 0 radical (unpaired) electrons. The Labute approximate surface area is 172 Å². The molecule has 3 amide bonds. The van der Waals surface area contributed by atoms with E-state index in [4.69, 9.17) is 0 Å². The average Bonchev–Trinajstić information content (AvgIpc) is 2.99. The number of benzene rings is 2. The smallest absolute Gasteiger partial charge is 0.322 e. The molecule has 3 aromatic rings. The van der Waals surface area contributed by atoms with Crippen molar-refractivity contribution in [1.29, 1.82) is 0 Å². The number of halogens is 2. The standard InChI is InChI=1S/C21H23F2N5O2/c1-12(2)24-20(29)13-5-8-18-17(9-13)25-19(28(18)4)11-27(3)21(30)26-16-10-14(22)6-7-15(16)23/h5-10,12H,11H2,1-4H3,(H,24,29)(H,26,30). The molecular formula is C21H23F2N5O2. The minimum Gasteiger partial charge on any atom is -0.350 e. The molecule has 0 aliphatic rings. The zero-order valence-corrected chi connectivity index (χ0v) is 17.2. The van der Waals surface area contributed by atoms with Gasteiger partial charge in [-0.1, -0.05) is 0 Å². The summed E-state index contributed by atoms with van der Waals surface area (Å²) in [6.45, 7) is 3.89. The number of carbonyl (C=O) groups is 2. The second-order valence-corrected chi connectivity index (χ2v) is 7.33.